The van der Waals surface area contributed by atoms with Crippen molar-refractivity contribution in [2.45, 2.75) is 12.6 Å². The number of allylic oxidation sites excluding steroid dienone is 4. The van der Waals surface area contributed by atoms with Crippen LogP contribution in [0.5, 0.6) is 0 Å². The lowest BCUT2D eigenvalue weighted by Crippen LogP contribution is -2.39. The Morgan fingerprint density at radius 2 is 1.11 bits per heavy atom. The van der Waals surface area contributed by atoms with Gasteiger partial charge in [0, 0.05) is 32.8 Å². The van der Waals surface area contributed by atoms with Gasteiger partial charge in [-0.05, 0) is 100 Å². The number of hydrogen-bond acceptors (Lipinski definition) is 5. The Bertz CT molecular complexity index is 3360. The molecule has 0 radical (unpaired) electrons. The molecule has 300 valence electrons. The molecule has 0 spiro atoms. The zero-order valence-corrected chi connectivity index (χ0v) is 33.4. The van der Waals surface area contributed by atoms with E-state index in [0.29, 0.717) is 44.7 Å². The van der Waals surface area contributed by atoms with Crippen LogP contribution in [0.4, 0.5) is 13.2 Å². The summed E-state index contributed by atoms with van der Waals surface area (Å²) >= 11 is 0. The highest BCUT2D eigenvalue weighted by atomic mass is 19.4. The normalized spacial score (nSPS) is 15.5. The summed E-state index contributed by atoms with van der Waals surface area (Å²) in [4.78, 5) is 9.98. The monoisotopic (exact) mass is 822 g/mol. The van der Waals surface area contributed by atoms with Crippen molar-refractivity contribution in [1.82, 2.24) is 9.88 Å². The molecule has 10 rings (SSSR count). The minimum Gasteiger partial charge on any atom is -0.324 e. The highest BCUT2D eigenvalue weighted by Gasteiger charge is 2.36. The lowest BCUT2D eigenvalue weighted by Gasteiger charge is -2.20. The average Bonchev–Trinajstić information content (AvgIpc) is 3.67. The fourth-order valence-corrected chi connectivity index (χ4v) is 8.33. The maximum atomic E-state index is 14.8. The smallest absolute Gasteiger partial charge is 0.324 e. The highest BCUT2D eigenvalue weighted by molar-refractivity contribution is 6.16. The molecule has 0 amide bonds. The zero-order chi connectivity index (χ0) is 43.1. The molecule has 0 bridgehead atoms. The summed E-state index contributed by atoms with van der Waals surface area (Å²) in [6.45, 7) is 0. The van der Waals surface area contributed by atoms with E-state index in [1.165, 1.54) is 6.08 Å². The van der Waals surface area contributed by atoms with Crippen LogP contribution in [-0.2, 0) is 0 Å². The first-order valence-corrected chi connectivity index (χ1v) is 20.2. The van der Waals surface area contributed by atoms with Crippen LogP contribution >= 0.6 is 0 Å². The molecule has 1 N–H and O–H groups in total. The van der Waals surface area contributed by atoms with Crippen LogP contribution in [-0.4, -0.2) is 22.4 Å². The van der Waals surface area contributed by atoms with E-state index in [9.17, 15) is 23.7 Å². The van der Waals surface area contributed by atoms with E-state index >= 15 is 0 Å². The fraction of sp³-hybridized carbons (Fsp3) is 0.0370. The Hall–Kier alpha value is -8.53. The van der Waals surface area contributed by atoms with Gasteiger partial charge in [0.25, 0.3) is 0 Å². The number of halogens is 3. The van der Waals surface area contributed by atoms with E-state index in [4.69, 9.17) is 9.98 Å². The van der Waals surface area contributed by atoms with Crippen molar-refractivity contribution >= 4 is 44.9 Å². The molecule has 8 aromatic rings. The van der Waals surface area contributed by atoms with Gasteiger partial charge in [0.15, 0.2) is 5.84 Å². The van der Waals surface area contributed by atoms with Gasteiger partial charge in [-0.25, -0.2) is 9.98 Å². The number of benzene rings is 7. The van der Waals surface area contributed by atoms with Gasteiger partial charge in [0.05, 0.1) is 39.9 Å². The molecule has 9 heteroatoms. The van der Waals surface area contributed by atoms with E-state index in [2.05, 4.69) is 46.3 Å². The van der Waals surface area contributed by atoms with Crippen LogP contribution < -0.4 is 15.8 Å². The van der Waals surface area contributed by atoms with Crippen molar-refractivity contribution in [3.8, 4) is 40.1 Å². The number of alkyl halides is 3. The predicted octanol–water partition coefficient (Wildman–Crippen LogP) is 11.0. The average molecular weight is 823 g/mol. The van der Waals surface area contributed by atoms with E-state index in [-0.39, 0.29) is 12.0 Å². The van der Waals surface area contributed by atoms with Crippen LogP contribution in [0.15, 0.2) is 198 Å². The van der Waals surface area contributed by atoms with Crippen molar-refractivity contribution in [2.75, 3.05) is 0 Å². The van der Waals surface area contributed by atoms with Gasteiger partial charge >= 0.3 is 6.18 Å². The van der Waals surface area contributed by atoms with Crippen molar-refractivity contribution in [3.63, 3.8) is 0 Å². The molecule has 7 aromatic carbocycles. The first kappa shape index (κ1) is 38.7. The van der Waals surface area contributed by atoms with E-state index in [1.807, 2.05) is 109 Å². The third-order valence-electron chi connectivity index (χ3n) is 11.4. The molecule has 2 aliphatic rings. The van der Waals surface area contributed by atoms with Crippen molar-refractivity contribution in [1.29, 1.82) is 10.5 Å². The largest absolute Gasteiger partial charge is 0.416 e. The Labute approximate surface area is 360 Å². The minimum absolute atomic E-state index is 0.0749. The van der Waals surface area contributed by atoms with Gasteiger partial charge in [0.2, 0.25) is 0 Å². The van der Waals surface area contributed by atoms with Crippen molar-refractivity contribution < 1.29 is 13.2 Å². The number of aliphatic imine (C=N–C) groups is 2. The topological polar surface area (TPSA) is 89.3 Å². The van der Waals surface area contributed by atoms with Crippen LogP contribution in [0.3, 0.4) is 0 Å². The van der Waals surface area contributed by atoms with Crippen LogP contribution in [0, 0.1) is 22.7 Å². The number of hydrogen-bond donors (Lipinski definition) is 1. The second-order valence-electron chi connectivity index (χ2n) is 15.2. The van der Waals surface area contributed by atoms with Crippen LogP contribution in [0.2, 0.25) is 0 Å². The number of nitrogens with zero attached hydrogens (tertiary/aromatic N) is 5. The maximum Gasteiger partial charge on any atom is 0.416 e. The Kier molecular flexibility index (Phi) is 9.71. The predicted molar refractivity (Wildman–Crippen MR) is 244 cm³/mol. The molecular formula is C54H33F3N6. The molecule has 6 nitrogen and oxygen atoms in total. The van der Waals surface area contributed by atoms with Crippen molar-refractivity contribution in [2.24, 2.45) is 9.98 Å². The number of nitriles is 2. The Morgan fingerprint density at radius 1 is 0.556 bits per heavy atom. The summed E-state index contributed by atoms with van der Waals surface area (Å²) in [7, 11) is 0. The lowest BCUT2D eigenvalue weighted by atomic mass is 9.94. The summed E-state index contributed by atoms with van der Waals surface area (Å²) in [6.07, 6.45) is -0.197. The second kappa shape index (κ2) is 15.8. The summed E-state index contributed by atoms with van der Waals surface area (Å²) in [5.74, 6) is 1.29. The number of nitrogens with one attached hydrogen (secondary N) is 1. The Balaban J connectivity index is 1.27. The molecule has 63 heavy (non-hydrogen) atoms. The summed E-state index contributed by atoms with van der Waals surface area (Å²) in [5.41, 5.74) is 8.38. The quantitative estimate of drug-likeness (QED) is 0.187. The number of rotatable bonds is 5. The molecule has 1 aliphatic carbocycles. The van der Waals surface area contributed by atoms with Crippen molar-refractivity contribution in [3.05, 3.63) is 220 Å². The van der Waals surface area contributed by atoms with Gasteiger partial charge in [-0.2, -0.15) is 23.7 Å². The van der Waals surface area contributed by atoms with Gasteiger partial charge in [-0.3, -0.25) is 0 Å². The summed E-state index contributed by atoms with van der Waals surface area (Å²) in [6, 6.07) is 56.4. The van der Waals surface area contributed by atoms with Crippen LogP contribution in [0.25, 0.3) is 61.1 Å². The molecule has 0 fully saturated rings. The van der Waals surface area contributed by atoms with Gasteiger partial charge < -0.3 is 9.88 Å². The highest BCUT2D eigenvalue weighted by Crippen LogP contribution is 2.38. The third-order valence-corrected chi connectivity index (χ3v) is 11.4. The van der Waals surface area contributed by atoms with Crippen LogP contribution in [0.1, 0.15) is 28.7 Å². The molecule has 0 atom stereocenters. The van der Waals surface area contributed by atoms with Gasteiger partial charge in [-0.15, -0.1) is 0 Å². The minimum atomic E-state index is -4.60. The molecule has 1 aliphatic heterocycles. The molecule has 1 aromatic heterocycles. The second-order valence-corrected chi connectivity index (χ2v) is 15.2. The number of fused-ring (bicyclic) bond motifs is 3. The van der Waals surface area contributed by atoms with E-state index in [1.54, 1.807) is 36.4 Å². The standard InChI is InChI=1S/C54H33F3N6/c55-54(56,57)48-14-8-7-13-44(48)43-26-25-42(31-47(43)53-61-51(38-9-3-1-4-10-38)60-52(62-53)39-11-5-2-6-12-39)63-49-27-23-40(36-19-15-34(32-58)16-20-36)29-45(49)46-30-41(24-28-50(46)63)37-21-17-35(33-59)18-22-37/h1-12,14-31H,13H2,(H,60,61,62). The van der Waals surface area contributed by atoms with E-state index < -0.39 is 11.7 Å². The maximum absolute atomic E-state index is 14.8. The first-order valence-electron chi connectivity index (χ1n) is 20.2. The van der Waals surface area contributed by atoms with Gasteiger partial charge in [-0.1, -0.05) is 121 Å². The third kappa shape index (κ3) is 7.28. The first-order chi connectivity index (χ1) is 30.7. The SMILES string of the molecule is N#Cc1ccc(-c2ccc3c(c2)c2cc(-c4ccc(C#N)cc4)ccc2n3-c2ccc(=C3CC=CC=C3C(F)(F)F)c(=C3N=C(c4ccccc4)N=C(c4ccccc4)N3)c2)cc1. The number of aromatic nitrogens is 1. The molecule has 0 saturated heterocycles. The fourth-order valence-electron chi connectivity index (χ4n) is 8.33. The summed E-state index contributed by atoms with van der Waals surface area (Å²) < 4.78 is 46.6. The molecule has 0 unspecified atom stereocenters. The molecular weight excluding hydrogens is 790 g/mol. The lowest BCUT2D eigenvalue weighted by molar-refractivity contribution is -0.0874. The summed E-state index contributed by atoms with van der Waals surface area (Å²) in [5, 5.41) is 25.1. The van der Waals surface area contributed by atoms with E-state index in [0.717, 1.165) is 61.3 Å². The number of amidine groups is 2. The molecule has 2 heterocycles. The zero-order valence-electron chi connectivity index (χ0n) is 33.4. The van der Waals surface area contributed by atoms with Gasteiger partial charge in [0.1, 0.15) is 11.7 Å². The Morgan fingerprint density at radius 3 is 1.67 bits per heavy atom. The molecule has 0 saturated carbocycles.